The van der Waals surface area contributed by atoms with Gasteiger partial charge in [0.2, 0.25) is 5.91 Å². The van der Waals surface area contributed by atoms with Crippen LogP contribution in [0.25, 0.3) is 0 Å². The van der Waals surface area contributed by atoms with Crippen molar-refractivity contribution in [2.75, 3.05) is 18.1 Å². The Bertz CT molecular complexity index is 300. The van der Waals surface area contributed by atoms with E-state index in [4.69, 9.17) is 5.73 Å². The van der Waals surface area contributed by atoms with Crippen molar-refractivity contribution in [2.45, 2.75) is 25.3 Å². The Morgan fingerprint density at radius 3 is 2.79 bits per heavy atom. The van der Waals surface area contributed by atoms with E-state index in [1.165, 1.54) is 0 Å². The first kappa shape index (κ1) is 11.5. The number of rotatable bonds is 4. The van der Waals surface area contributed by atoms with Gasteiger partial charge >= 0.3 is 0 Å². The Morgan fingerprint density at radius 2 is 2.21 bits per heavy atom. The Hall–Kier alpha value is -0.620. The molecule has 0 aromatic rings. The van der Waals surface area contributed by atoms with Crippen LogP contribution in [0.4, 0.5) is 0 Å². The number of carbonyl (C=O) groups excluding carboxylic acids is 1. The van der Waals surface area contributed by atoms with E-state index in [2.05, 4.69) is 5.32 Å². The summed E-state index contributed by atoms with van der Waals surface area (Å²) in [6.45, 7) is 0.468. The van der Waals surface area contributed by atoms with Crippen LogP contribution in [0.1, 0.15) is 19.3 Å². The molecule has 0 aromatic heterocycles. The predicted molar refractivity (Wildman–Crippen MR) is 53.5 cm³/mol. The third-order valence-electron chi connectivity index (χ3n) is 2.27. The van der Waals surface area contributed by atoms with Gasteiger partial charge in [0, 0.05) is 19.0 Å². The van der Waals surface area contributed by atoms with E-state index in [0.29, 0.717) is 18.7 Å². The summed E-state index contributed by atoms with van der Waals surface area (Å²) in [5.41, 5.74) is 4.96. The van der Waals surface area contributed by atoms with E-state index < -0.39 is 9.84 Å². The minimum atomic E-state index is -2.86. The molecule has 0 aromatic carbocycles. The largest absolute Gasteiger partial charge is 0.370 e. The number of sulfone groups is 1. The number of nitrogens with two attached hydrogens (primary N) is 1. The standard InChI is InChI=1S/C8H16N2O3S/c9-8(11)3-4-10-7-2-1-5-14(12,13)6-7/h7,10H,1-6H2,(H2,9,11). The van der Waals surface area contributed by atoms with Crippen LogP contribution in [-0.4, -0.2) is 38.4 Å². The smallest absolute Gasteiger partial charge is 0.218 e. The normalized spacial score (nSPS) is 25.9. The number of hydrogen-bond acceptors (Lipinski definition) is 4. The molecule has 0 aliphatic carbocycles. The number of amides is 1. The number of primary amides is 1. The fraction of sp³-hybridized carbons (Fsp3) is 0.875. The zero-order valence-electron chi connectivity index (χ0n) is 8.03. The van der Waals surface area contributed by atoms with Crippen LogP contribution in [-0.2, 0) is 14.6 Å². The van der Waals surface area contributed by atoms with E-state index in [1.807, 2.05) is 0 Å². The van der Waals surface area contributed by atoms with Crippen molar-refractivity contribution < 1.29 is 13.2 Å². The summed E-state index contributed by atoms with van der Waals surface area (Å²) in [6, 6.07) is -0.00639. The van der Waals surface area contributed by atoms with Gasteiger partial charge in [0.05, 0.1) is 11.5 Å². The van der Waals surface area contributed by atoms with Gasteiger partial charge in [-0.15, -0.1) is 0 Å². The maximum atomic E-state index is 11.2. The van der Waals surface area contributed by atoms with Crippen LogP contribution in [0.3, 0.4) is 0 Å². The first-order valence-corrected chi connectivity index (χ1v) is 6.54. The number of carbonyl (C=O) groups is 1. The Morgan fingerprint density at radius 1 is 1.50 bits per heavy atom. The van der Waals surface area contributed by atoms with Crippen LogP contribution in [0, 0.1) is 0 Å². The molecular formula is C8H16N2O3S. The second-order valence-electron chi connectivity index (χ2n) is 3.62. The lowest BCUT2D eigenvalue weighted by Gasteiger charge is -2.22. The number of hydrogen-bond donors (Lipinski definition) is 2. The topological polar surface area (TPSA) is 89.3 Å². The van der Waals surface area contributed by atoms with Crippen LogP contribution >= 0.6 is 0 Å². The van der Waals surface area contributed by atoms with E-state index in [-0.39, 0.29) is 24.1 Å². The molecule has 1 aliphatic rings. The fourth-order valence-electron chi connectivity index (χ4n) is 1.58. The maximum absolute atomic E-state index is 11.2. The third-order valence-corrected chi connectivity index (χ3v) is 4.09. The van der Waals surface area contributed by atoms with E-state index in [9.17, 15) is 13.2 Å². The molecule has 1 fully saturated rings. The minimum Gasteiger partial charge on any atom is -0.370 e. The van der Waals surface area contributed by atoms with E-state index in [1.54, 1.807) is 0 Å². The van der Waals surface area contributed by atoms with Crippen molar-refractivity contribution in [1.29, 1.82) is 0 Å². The molecule has 1 unspecified atom stereocenters. The summed E-state index contributed by atoms with van der Waals surface area (Å²) < 4.78 is 22.5. The van der Waals surface area contributed by atoms with Crippen molar-refractivity contribution in [1.82, 2.24) is 5.32 Å². The van der Waals surface area contributed by atoms with Gasteiger partial charge in [-0.3, -0.25) is 4.79 Å². The van der Waals surface area contributed by atoms with Gasteiger partial charge in [0.15, 0.2) is 9.84 Å². The first-order chi connectivity index (χ1) is 6.49. The molecule has 3 N–H and O–H groups in total. The Balaban J connectivity index is 2.28. The predicted octanol–water partition coefficient (Wildman–Crippen LogP) is -0.971. The Kier molecular flexibility index (Phi) is 3.88. The van der Waals surface area contributed by atoms with Gasteiger partial charge in [-0.2, -0.15) is 0 Å². The minimum absolute atomic E-state index is 0.00639. The summed E-state index contributed by atoms with van der Waals surface area (Å²) in [4.78, 5) is 10.4. The lowest BCUT2D eigenvalue weighted by Crippen LogP contribution is -2.41. The highest BCUT2D eigenvalue weighted by molar-refractivity contribution is 7.91. The van der Waals surface area contributed by atoms with Crippen molar-refractivity contribution >= 4 is 15.7 Å². The average Bonchev–Trinajstić information content (AvgIpc) is 2.01. The van der Waals surface area contributed by atoms with Crippen molar-refractivity contribution in [3.05, 3.63) is 0 Å². The fourth-order valence-corrected chi connectivity index (χ4v) is 3.25. The highest BCUT2D eigenvalue weighted by Gasteiger charge is 2.23. The van der Waals surface area contributed by atoms with Gasteiger partial charge < -0.3 is 11.1 Å². The summed E-state index contributed by atoms with van der Waals surface area (Å²) in [7, 11) is -2.86. The van der Waals surface area contributed by atoms with Gasteiger partial charge in [0.25, 0.3) is 0 Å². The molecule has 14 heavy (non-hydrogen) atoms. The van der Waals surface area contributed by atoms with Crippen LogP contribution in [0.5, 0.6) is 0 Å². The molecule has 1 atom stereocenters. The zero-order valence-corrected chi connectivity index (χ0v) is 8.85. The quantitative estimate of drug-likeness (QED) is 0.638. The van der Waals surface area contributed by atoms with Gasteiger partial charge in [-0.05, 0) is 12.8 Å². The number of nitrogens with one attached hydrogen (secondary N) is 1. The summed E-state index contributed by atoms with van der Waals surface area (Å²) in [5, 5.41) is 3.03. The first-order valence-electron chi connectivity index (χ1n) is 4.72. The molecular weight excluding hydrogens is 204 g/mol. The van der Waals surface area contributed by atoms with Gasteiger partial charge in [-0.25, -0.2) is 8.42 Å². The Labute approximate surface area is 84.0 Å². The molecule has 5 nitrogen and oxygen atoms in total. The lowest BCUT2D eigenvalue weighted by molar-refractivity contribution is -0.117. The highest BCUT2D eigenvalue weighted by Crippen LogP contribution is 2.11. The van der Waals surface area contributed by atoms with Gasteiger partial charge in [0.1, 0.15) is 0 Å². The molecule has 0 radical (unpaired) electrons. The van der Waals surface area contributed by atoms with Crippen LogP contribution in [0.2, 0.25) is 0 Å². The van der Waals surface area contributed by atoms with Crippen molar-refractivity contribution in [3.8, 4) is 0 Å². The van der Waals surface area contributed by atoms with Crippen LogP contribution < -0.4 is 11.1 Å². The molecule has 1 saturated heterocycles. The average molecular weight is 220 g/mol. The molecule has 0 saturated carbocycles. The molecule has 0 bridgehead atoms. The van der Waals surface area contributed by atoms with E-state index in [0.717, 1.165) is 6.42 Å². The molecule has 82 valence electrons. The summed E-state index contributed by atoms with van der Waals surface area (Å²) in [5.74, 6) is 0.114. The molecule has 1 rings (SSSR count). The SMILES string of the molecule is NC(=O)CCNC1CCCS(=O)(=O)C1. The summed E-state index contributed by atoms with van der Waals surface area (Å²) in [6.07, 6.45) is 1.82. The van der Waals surface area contributed by atoms with Crippen LogP contribution in [0.15, 0.2) is 0 Å². The molecule has 0 spiro atoms. The maximum Gasteiger partial charge on any atom is 0.218 e. The second-order valence-corrected chi connectivity index (χ2v) is 5.85. The van der Waals surface area contributed by atoms with Crippen molar-refractivity contribution in [3.63, 3.8) is 0 Å². The third kappa shape index (κ3) is 4.06. The van der Waals surface area contributed by atoms with Crippen molar-refractivity contribution in [2.24, 2.45) is 5.73 Å². The molecule has 1 aliphatic heterocycles. The monoisotopic (exact) mass is 220 g/mol. The van der Waals surface area contributed by atoms with E-state index >= 15 is 0 Å². The second kappa shape index (κ2) is 4.75. The molecule has 1 heterocycles. The van der Waals surface area contributed by atoms with Gasteiger partial charge in [-0.1, -0.05) is 0 Å². The highest BCUT2D eigenvalue weighted by atomic mass is 32.2. The summed E-state index contributed by atoms with van der Waals surface area (Å²) >= 11 is 0. The molecule has 6 heteroatoms. The zero-order chi connectivity index (χ0) is 10.6. The molecule has 1 amide bonds. The lowest BCUT2D eigenvalue weighted by atomic mass is 10.2.